The van der Waals surface area contributed by atoms with Gasteiger partial charge in [-0.05, 0) is 72.5 Å². The van der Waals surface area contributed by atoms with Gasteiger partial charge in [0.25, 0.3) is 0 Å². The molecule has 6 heteroatoms. The molecule has 0 aliphatic carbocycles. The molecule has 2 heterocycles. The van der Waals surface area contributed by atoms with Crippen LogP contribution in [-0.4, -0.2) is 15.3 Å². The van der Waals surface area contributed by atoms with Gasteiger partial charge < -0.3 is 14.5 Å². The van der Waals surface area contributed by atoms with Crippen molar-refractivity contribution >= 4 is 17.2 Å². The number of fused-ring (bicyclic) bond motifs is 1. The van der Waals surface area contributed by atoms with Gasteiger partial charge in [0, 0.05) is 30.4 Å². The number of pyridine rings is 1. The molecule has 0 bridgehead atoms. The van der Waals surface area contributed by atoms with E-state index in [-0.39, 0.29) is 18.1 Å². The van der Waals surface area contributed by atoms with E-state index in [1.165, 1.54) is 12.1 Å². The number of ether oxygens (including phenoxy) is 1. The van der Waals surface area contributed by atoms with Crippen LogP contribution in [0.4, 0.5) is 10.1 Å². The summed E-state index contributed by atoms with van der Waals surface area (Å²) in [5.41, 5.74) is 6.17. The fourth-order valence-electron chi connectivity index (χ4n) is 4.44. The first kappa shape index (κ1) is 24.3. The summed E-state index contributed by atoms with van der Waals surface area (Å²) in [4.78, 5) is 17.8. The highest BCUT2D eigenvalue weighted by Gasteiger charge is 2.23. The normalized spacial score (nSPS) is 11.9. The van der Waals surface area contributed by atoms with Gasteiger partial charge in [0.15, 0.2) is 11.4 Å². The first-order valence-electron chi connectivity index (χ1n) is 12.2. The molecule has 1 atom stereocenters. The first-order valence-corrected chi connectivity index (χ1v) is 12.2. The van der Waals surface area contributed by atoms with Crippen molar-refractivity contribution in [3.05, 3.63) is 131 Å². The van der Waals surface area contributed by atoms with E-state index in [2.05, 4.69) is 10.3 Å². The van der Waals surface area contributed by atoms with Gasteiger partial charge in [0.1, 0.15) is 12.4 Å². The summed E-state index contributed by atoms with van der Waals surface area (Å²) in [5, 5.41) is 3.00. The second-order valence-electron chi connectivity index (χ2n) is 9.18. The summed E-state index contributed by atoms with van der Waals surface area (Å²) in [6.45, 7) is 4.45. The molecule has 0 aliphatic heterocycles. The SMILES string of the molecule is Cc1ccc(NC(=O)CC(c2cccc(F)c2)c2cnc3c(OCc4ccccc4)cccn23)cc1C. The summed E-state index contributed by atoms with van der Waals surface area (Å²) in [6.07, 6.45) is 3.75. The highest BCUT2D eigenvalue weighted by Crippen LogP contribution is 2.32. The van der Waals surface area contributed by atoms with Crippen LogP contribution >= 0.6 is 0 Å². The lowest BCUT2D eigenvalue weighted by Crippen LogP contribution is -2.17. The van der Waals surface area contributed by atoms with Crippen molar-refractivity contribution in [2.24, 2.45) is 0 Å². The Morgan fingerprint density at radius 1 is 0.973 bits per heavy atom. The number of benzene rings is 3. The van der Waals surface area contributed by atoms with Gasteiger partial charge >= 0.3 is 0 Å². The molecule has 1 unspecified atom stereocenters. The number of carbonyl (C=O) groups excluding carboxylic acids is 1. The van der Waals surface area contributed by atoms with Crippen molar-refractivity contribution in [2.75, 3.05) is 5.32 Å². The molecule has 1 N–H and O–H groups in total. The highest BCUT2D eigenvalue weighted by molar-refractivity contribution is 5.91. The Bertz CT molecular complexity index is 1550. The summed E-state index contributed by atoms with van der Waals surface area (Å²) in [5.74, 6) is -0.293. The summed E-state index contributed by atoms with van der Waals surface area (Å²) < 4.78 is 22.2. The molecule has 0 fully saturated rings. The third-order valence-electron chi connectivity index (χ3n) is 6.55. The number of imidazole rings is 1. The zero-order chi connectivity index (χ0) is 25.8. The van der Waals surface area contributed by atoms with E-state index in [1.807, 2.05) is 91.2 Å². The van der Waals surface area contributed by atoms with E-state index < -0.39 is 5.92 Å². The number of rotatable bonds is 8. The van der Waals surface area contributed by atoms with Gasteiger partial charge in [-0.15, -0.1) is 0 Å². The number of hydrogen-bond acceptors (Lipinski definition) is 3. The molecule has 5 nitrogen and oxygen atoms in total. The van der Waals surface area contributed by atoms with Gasteiger partial charge in [-0.3, -0.25) is 4.79 Å². The third-order valence-corrected chi connectivity index (χ3v) is 6.55. The maximum absolute atomic E-state index is 14.2. The van der Waals surface area contributed by atoms with E-state index in [0.29, 0.717) is 23.6 Å². The second kappa shape index (κ2) is 10.7. The number of anilines is 1. The van der Waals surface area contributed by atoms with E-state index in [1.54, 1.807) is 12.3 Å². The molecule has 37 heavy (non-hydrogen) atoms. The number of hydrogen-bond donors (Lipinski definition) is 1. The van der Waals surface area contributed by atoms with Crippen LogP contribution in [0.1, 0.15) is 40.3 Å². The molecule has 0 radical (unpaired) electrons. The molecule has 3 aromatic carbocycles. The lowest BCUT2D eigenvalue weighted by atomic mass is 9.92. The summed E-state index contributed by atoms with van der Waals surface area (Å²) in [6, 6.07) is 25.9. The molecule has 1 amide bonds. The van der Waals surface area contributed by atoms with Crippen LogP contribution < -0.4 is 10.1 Å². The minimum atomic E-state index is -0.415. The second-order valence-corrected chi connectivity index (χ2v) is 9.18. The van der Waals surface area contributed by atoms with E-state index in [4.69, 9.17) is 4.74 Å². The van der Waals surface area contributed by atoms with Crippen molar-refractivity contribution in [3.8, 4) is 5.75 Å². The van der Waals surface area contributed by atoms with Gasteiger partial charge in [-0.1, -0.05) is 48.5 Å². The standard InChI is InChI=1S/C31H28FN3O2/c1-21-13-14-26(16-22(21)2)34-30(36)18-27(24-10-6-11-25(32)17-24)28-19-33-31-29(12-7-15-35(28)31)37-20-23-8-4-3-5-9-23/h3-17,19,27H,18,20H2,1-2H3,(H,34,36). The summed E-state index contributed by atoms with van der Waals surface area (Å²) >= 11 is 0. The van der Waals surface area contributed by atoms with E-state index in [0.717, 1.165) is 28.1 Å². The first-order chi connectivity index (χ1) is 18.0. The summed E-state index contributed by atoms with van der Waals surface area (Å²) in [7, 11) is 0. The Balaban J connectivity index is 1.45. The Labute approximate surface area is 215 Å². The fourth-order valence-corrected chi connectivity index (χ4v) is 4.44. The number of nitrogens with zero attached hydrogens (tertiary/aromatic N) is 2. The Morgan fingerprint density at radius 2 is 1.81 bits per heavy atom. The lowest BCUT2D eigenvalue weighted by molar-refractivity contribution is -0.116. The zero-order valence-corrected chi connectivity index (χ0v) is 20.8. The van der Waals surface area contributed by atoms with Crippen LogP contribution in [0.25, 0.3) is 5.65 Å². The number of nitrogens with one attached hydrogen (secondary N) is 1. The number of carbonyl (C=O) groups is 1. The highest BCUT2D eigenvalue weighted by atomic mass is 19.1. The average molecular weight is 494 g/mol. The Hall–Kier alpha value is -4.45. The average Bonchev–Trinajstić information content (AvgIpc) is 3.33. The topological polar surface area (TPSA) is 55.6 Å². The zero-order valence-electron chi connectivity index (χ0n) is 20.8. The van der Waals surface area contributed by atoms with Crippen LogP contribution in [0.15, 0.2) is 97.3 Å². The van der Waals surface area contributed by atoms with E-state index in [9.17, 15) is 9.18 Å². The minimum Gasteiger partial charge on any atom is -0.485 e. The molecule has 2 aromatic heterocycles. The van der Waals surface area contributed by atoms with Crippen molar-refractivity contribution in [3.63, 3.8) is 0 Å². The monoisotopic (exact) mass is 493 g/mol. The maximum atomic E-state index is 14.2. The number of aryl methyl sites for hydroxylation is 2. The van der Waals surface area contributed by atoms with Crippen LogP contribution in [0.3, 0.4) is 0 Å². The van der Waals surface area contributed by atoms with Crippen molar-refractivity contribution in [1.82, 2.24) is 9.38 Å². The Morgan fingerprint density at radius 3 is 2.59 bits per heavy atom. The van der Waals surface area contributed by atoms with Gasteiger partial charge in [0.05, 0.1) is 5.69 Å². The van der Waals surface area contributed by atoms with Crippen LogP contribution in [0.5, 0.6) is 5.75 Å². The van der Waals surface area contributed by atoms with Crippen LogP contribution in [-0.2, 0) is 11.4 Å². The fraction of sp³-hybridized carbons (Fsp3) is 0.161. The van der Waals surface area contributed by atoms with Crippen molar-refractivity contribution in [2.45, 2.75) is 32.8 Å². The quantitative estimate of drug-likeness (QED) is 0.258. The predicted molar refractivity (Wildman–Crippen MR) is 143 cm³/mol. The number of halogens is 1. The van der Waals surface area contributed by atoms with Gasteiger partial charge in [-0.25, -0.2) is 9.37 Å². The number of amides is 1. The van der Waals surface area contributed by atoms with Gasteiger partial charge in [0.2, 0.25) is 5.91 Å². The van der Waals surface area contributed by atoms with Crippen molar-refractivity contribution < 1.29 is 13.9 Å². The maximum Gasteiger partial charge on any atom is 0.225 e. The minimum absolute atomic E-state index is 0.124. The molecule has 0 saturated carbocycles. The molecule has 5 rings (SSSR count). The molecule has 186 valence electrons. The van der Waals surface area contributed by atoms with E-state index >= 15 is 0 Å². The smallest absolute Gasteiger partial charge is 0.225 e. The molecule has 0 saturated heterocycles. The molecule has 0 spiro atoms. The van der Waals surface area contributed by atoms with Crippen LogP contribution in [0, 0.1) is 19.7 Å². The molecule has 5 aromatic rings. The Kier molecular flexibility index (Phi) is 6.99. The largest absolute Gasteiger partial charge is 0.485 e. The lowest BCUT2D eigenvalue weighted by Gasteiger charge is -2.18. The molecule has 0 aliphatic rings. The van der Waals surface area contributed by atoms with Crippen LogP contribution in [0.2, 0.25) is 0 Å². The third kappa shape index (κ3) is 5.54. The number of aromatic nitrogens is 2. The molecular formula is C31H28FN3O2. The van der Waals surface area contributed by atoms with Gasteiger partial charge in [-0.2, -0.15) is 0 Å². The predicted octanol–water partition coefficient (Wildman–Crippen LogP) is 6.83. The van der Waals surface area contributed by atoms with Crippen molar-refractivity contribution in [1.29, 1.82) is 0 Å². The molecular weight excluding hydrogens is 465 g/mol.